The van der Waals surface area contributed by atoms with Crippen LogP contribution < -0.4 is 10.1 Å². The summed E-state index contributed by atoms with van der Waals surface area (Å²) in [5.74, 6) is -0.369. The monoisotopic (exact) mass is 406 g/mol. The molecular formula is C23H22N2O5. The number of amides is 1. The first-order valence-electron chi connectivity index (χ1n) is 9.34. The normalized spacial score (nSPS) is 12.2. The van der Waals surface area contributed by atoms with Crippen molar-refractivity contribution in [3.63, 3.8) is 0 Å². The predicted octanol–water partition coefficient (Wildman–Crippen LogP) is 4.74. The van der Waals surface area contributed by atoms with E-state index in [1.165, 1.54) is 0 Å². The van der Waals surface area contributed by atoms with Gasteiger partial charge in [-0.1, -0.05) is 20.8 Å². The molecule has 0 saturated carbocycles. The number of rotatable bonds is 5. The zero-order chi connectivity index (χ0) is 22.1. The number of benzene rings is 2. The highest BCUT2D eigenvalue weighted by atomic mass is 16.5. The average Bonchev–Trinajstić information content (AvgIpc) is 3.02. The highest BCUT2D eigenvalue weighted by molar-refractivity contribution is 6.11. The van der Waals surface area contributed by atoms with E-state index in [0.29, 0.717) is 33.5 Å². The summed E-state index contributed by atoms with van der Waals surface area (Å²) in [4.78, 5) is 24.2. The second kappa shape index (κ2) is 7.91. The van der Waals surface area contributed by atoms with Crippen molar-refractivity contribution >= 4 is 28.3 Å². The van der Waals surface area contributed by atoms with Crippen molar-refractivity contribution in [3.05, 3.63) is 59.5 Å². The van der Waals surface area contributed by atoms with Crippen molar-refractivity contribution in [2.24, 2.45) is 5.41 Å². The lowest BCUT2D eigenvalue weighted by Crippen LogP contribution is -2.39. The van der Waals surface area contributed by atoms with Gasteiger partial charge in [-0.2, -0.15) is 5.26 Å². The van der Waals surface area contributed by atoms with Gasteiger partial charge in [0.2, 0.25) is 0 Å². The first kappa shape index (κ1) is 20.9. The number of furan rings is 1. The van der Waals surface area contributed by atoms with Gasteiger partial charge in [0.15, 0.2) is 11.9 Å². The van der Waals surface area contributed by atoms with Crippen LogP contribution >= 0.6 is 0 Å². The maximum Gasteiger partial charge on any atom is 0.345 e. The molecule has 0 aliphatic heterocycles. The molecule has 1 atom stereocenters. The molecule has 0 spiro atoms. The molecule has 7 nitrogen and oxygen atoms in total. The zero-order valence-electron chi connectivity index (χ0n) is 17.1. The number of hydrogen-bond acceptors (Lipinski definition) is 5. The van der Waals surface area contributed by atoms with Crippen molar-refractivity contribution in [1.29, 1.82) is 5.26 Å². The zero-order valence-corrected chi connectivity index (χ0v) is 17.1. The van der Waals surface area contributed by atoms with Crippen molar-refractivity contribution in [3.8, 4) is 11.8 Å². The number of anilines is 1. The van der Waals surface area contributed by atoms with E-state index in [9.17, 15) is 14.7 Å². The molecule has 3 rings (SSSR count). The van der Waals surface area contributed by atoms with Crippen LogP contribution in [0.2, 0.25) is 0 Å². The maximum absolute atomic E-state index is 12.7. The number of carbonyl (C=O) groups is 2. The minimum absolute atomic E-state index is 0.158. The third-order valence-electron chi connectivity index (χ3n) is 4.61. The van der Waals surface area contributed by atoms with Crippen molar-refractivity contribution in [2.45, 2.75) is 33.8 Å². The minimum Gasteiger partial charge on any atom is -0.478 e. The van der Waals surface area contributed by atoms with Crippen LogP contribution in [-0.2, 0) is 4.79 Å². The molecule has 0 radical (unpaired) electrons. The SMILES string of the molecule is Cc1oc(C(=O)Nc2ccc(OC(C(=O)O)C(C)(C)C)cc2)c2ccc(C#N)cc12. The standard InChI is InChI=1S/C23H22N2O5/c1-13-18-11-14(12-24)5-10-17(18)19(29-13)21(26)25-15-6-8-16(9-7-15)30-20(22(27)28)23(2,3)4/h5-11,20H,1-4H3,(H,25,26)(H,27,28). The number of nitrogens with zero attached hydrogens (tertiary/aromatic N) is 1. The van der Waals surface area contributed by atoms with Gasteiger partial charge in [-0.3, -0.25) is 4.79 Å². The number of carbonyl (C=O) groups excluding carboxylic acids is 1. The van der Waals surface area contributed by atoms with Crippen LogP contribution in [0.1, 0.15) is 42.6 Å². The molecule has 0 aliphatic rings. The smallest absolute Gasteiger partial charge is 0.345 e. The molecule has 1 unspecified atom stereocenters. The fraction of sp³-hybridized carbons (Fsp3) is 0.261. The van der Waals surface area contributed by atoms with Gasteiger partial charge in [0.25, 0.3) is 5.91 Å². The Morgan fingerprint density at radius 3 is 2.37 bits per heavy atom. The van der Waals surface area contributed by atoms with E-state index in [-0.39, 0.29) is 5.76 Å². The Morgan fingerprint density at radius 1 is 1.13 bits per heavy atom. The van der Waals surface area contributed by atoms with Gasteiger partial charge >= 0.3 is 5.97 Å². The topological polar surface area (TPSA) is 113 Å². The fourth-order valence-electron chi connectivity index (χ4n) is 3.07. The summed E-state index contributed by atoms with van der Waals surface area (Å²) in [5.41, 5.74) is 0.414. The summed E-state index contributed by atoms with van der Waals surface area (Å²) in [7, 11) is 0. The summed E-state index contributed by atoms with van der Waals surface area (Å²) >= 11 is 0. The molecule has 0 bridgehead atoms. The van der Waals surface area contributed by atoms with Crippen molar-refractivity contribution in [2.75, 3.05) is 5.32 Å². The number of carboxylic acids is 1. The van der Waals surface area contributed by atoms with Gasteiger partial charge in [-0.25, -0.2) is 4.79 Å². The number of nitriles is 1. The van der Waals surface area contributed by atoms with Crippen LogP contribution in [0.4, 0.5) is 5.69 Å². The highest BCUT2D eigenvalue weighted by Gasteiger charge is 2.33. The lowest BCUT2D eigenvalue weighted by Gasteiger charge is -2.27. The summed E-state index contributed by atoms with van der Waals surface area (Å²) in [6, 6.07) is 13.5. The number of carboxylic acid groups (broad SMARTS) is 1. The van der Waals surface area contributed by atoms with E-state index in [2.05, 4.69) is 11.4 Å². The lowest BCUT2D eigenvalue weighted by molar-refractivity contribution is -0.150. The van der Waals surface area contributed by atoms with Gasteiger partial charge in [-0.15, -0.1) is 0 Å². The lowest BCUT2D eigenvalue weighted by atomic mass is 9.89. The molecular weight excluding hydrogens is 384 g/mol. The third kappa shape index (κ3) is 4.28. The second-order valence-corrected chi connectivity index (χ2v) is 8.04. The molecule has 0 aliphatic carbocycles. The Hall–Kier alpha value is -3.79. The first-order valence-corrected chi connectivity index (χ1v) is 9.34. The van der Waals surface area contributed by atoms with Crippen LogP contribution in [0, 0.1) is 23.7 Å². The Balaban J connectivity index is 1.78. The molecule has 1 aromatic heterocycles. The fourth-order valence-corrected chi connectivity index (χ4v) is 3.07. The molecule has 0 saturated heterocycles. The molecule has 3 aromatic rings. The van der Waals surface area contributed by atoms with Gasteiger partial charge in [0.1, 0.15) is 11.5 Å². The van der Waals surface area contributed by atoms with Gasteiger partial charge < -0.3 is 19.6 Å². The molecule has 1 amide bonds. The quantitative estimate of drug-likeness (QED) is 0.633. The molecule has 7 heteroatoms. The Bertz CT molecular complexity index is 1150. The largest absolute Gasteiger partial charge is 0.478 e. The predicted molar refractivity (Wildman–Crippen MR) is 112 cm³/mol. The second-order valence-electron chi connectivity index (χ2n) is 8.04. The Morgan fingerprint density at radius 2 is 1.80 bits per heavy atom. The van der Waals surface area contributed by atoms with Gasteiger partial charge in [0, 0.05) is 21.9 Å². The number of nitrogens with one attached hydrogen (secondary N) is 1. The highest BCUT2D eigenvalue weighted by Crippen LogP contribution is 2.29. The van der Waals surface area contributed by atoms with Crippen LogP contribution in [0.5, 0.6) is 5.75 Å². The molecule has 2 N–H and O–H groups in total. The number of aliphatic carboxylic acids is 1. The van der Waals surface area contributed by atoms with Crippen LogP contribution in [0.3, 0.4) is 0 Å². The van der Waals surface area contributed by atoms with Gasteiger partial charge in [0.05, 0.1) is 11.6 Å². The molecule has 154 valence electrons. The molecule has 30 heavy (non-hydrogen) atoms. The summed E-state index contributed by atoms with van der Waals surface area (Å²) < 4.78 is 11.2. The van der Waals surface area contributed by atoms with E-state index in [1.54, 1.807) is 70.2 Å². The van der Waals surface area contributed by atoms with Crippen LogP contribution in [0.15, 0.2) is 46.9 Å². The number of ether oxygens (including phenoxy) is 1. The van der Waals surface area contributed by atoms with Gasteiger partial charge in [-0.05, 0) is 49.4 Å². The van der Waals surface area contributed by atoms with Crippen molar-refractivity contribution in [1.82, 2.24) is 0 Å². The number of fused-ring (bicyclic) bond motifs is 1. The first-order chi connectivity index (χ1) is 14.1. The number of hydrogen-bond donors (Lipinski definition) is 2. The molecule has 0 fully saturated rings. The summed E-state index contributed by atoms with van der Waals surface area (Å²) in [6.45, 7) is 7.10. The Labute approximate surface area is 173 Å². The maximum atomic E-state index is 12.7. The molecule has 1 heterocycles. The van der Waals surface area contributed by atoms with Crippen LogP contribution in [-0.4, -0.2) is 23.1 Å². The number of aryl methyl sites for hydroxylation is 1. The van der Waals surface area contributed by atoms with E-state index in [0.717, 1.165) is 0 Å². The summed E-state index contributed by atoms with van der Waals surface area (Å²) in [5, 5.41) is 22.5. The van der Waals surface area contributed by atoms with E-state index >= 15 is 0 Å². The van der Waals surface area contributed by atoms with E-state index < -0.39 is 23.4 Å². The third-order valence-corrected chi connectivity index (χ3v) is 4.61. The van der Waals surface area contributed by atoms with Crippen LogP contribution in [0.25, 0.3) is 10.8 Å². The molecule has 2 aromatic carbocycles. The summed E-state index contributed by atoms with van der Waals surface area (Å²) in [6.07, 6.45) is -1.01. The van der Waals surface area contributed by atoms with E-state index in [1.807, 2.05) is 0 Å². The van der Waals surface area contributed by atoms with E-state index in [4.69, 9.17) is 14.4 Å². The average molecular weight is 406 g/mol. The Kier molecular flexibility index (Phi) is 5.52. The van der Waals surface area contributed by atoms with Crippen molar-refractivity contribution < 1.29 is 23.8 Å². The minimum atomic E-state index is -1.04.